The number of thiophene rings is 1. The van der Waals surface area contributed by atoms with Crippen LogP contribution in [0, 0.1) is 6.92 Å². The molecule has 2 heterocycles. The van der Waals surface area contributed by atoms with Gasteiger partial charge in [0, 0.05) is 23.7 Å². The minimum Gasteiger partial charge on any atom is -0.316 e. The molecule has 0 bridgehead atoms. The molecule has 0 fully saturated rings. The summed E-state index contributed by atoms with van der Waals surface area (Å²) in [4.78, 5) is 0.294. The summed E-state index contributed by atoms with van der Waals surface area (Å²) in [6.07, 6.45) is 1.72. The molecule has 4 nitrogen and oxygen atoms in total. The van der Waals surface area contributed by atoms with Crippen molar-refractivity contribution < 1.29 is 8.42 Å². The van der Waals surface area contributed by atoms with Gasteiger partial charge in [-0.05, 0) is 48.7 Å². The van der Waals surface area contributed by atoms with Crippen molar-refractivity contribution in [3.63, 3.8) is 0 Å². The van der Waals surface area contributed by atoms with Crippen LogP contribution >= 0.6 is 23.7 Å². The minimum absolute atomic E-state index is 0. The van der Waals surface area contributed by atoms with Gasteiger partial charge in [-0.3, -0.25) is 0 Å². The van der Waals surface area contributed by atoms with Crippen LogP contribution in [0.15, 0.2) is 58.3 Å². The number of hydrogen-bond donors (Lipinski definition) is 1. The molecule has 0 unspecified atom stereocenters. The van der Waals surface area contributed by atoms with E-state index in [1.807, 2.05) is 36.9 Å². The summed E-state index contributed by atoms with van der Waals surface area (Å²) in [5, 5.41) is 7.03. The zero-order valence-corrected chi connectivity index (χ0v) is 15.8. The Morgan fingerprint density at radius 3 is 2.46 bits per heavy atom. The molecule has 0 saturated heterocycles. The van der Waals surface area contributed by atoms with Crippen LogP contribution in [0.1, 0.15) is 11.1 Å². The Morgan fingerprint density at radius 2 is 1.88 bits per heavy atom. The van der Waals surface area contributed by atoms with Gasteiger partial charge in [0.2, 0.25) is 0 Å². The SMILES string of the molecule is CNCc1cn(S(=O)(=O)c2ccccc2)c(-c2ccsc2)c1C.Cl. The summed E-state index contributed by atoms with van der Waals surface area (Å²) >= 11 is 1.56. The van der Waals surface area contributed by atoms with Crippen LogP contribution in [0.2, 0.25) is 0 Å². The molecule has 1 aromatic carbocycles. The third-order valence-electron chi connectivity index (χ3n) is 3.79. The second-order valence-corrected chi connectivity index (χ2v) is 7.88. The minimum atomic E-state index is -3.62. The number of rotatable bonds is 5. The lowest BCUT2D eigenvalue weighted by Crippen LogP contribution is -2.13. The zero-order valence-electron chi connectivity index (χ0n) is 13.4. The fourth-order valence-corrected chi connectivity index (χ4v) is 4.74. The normalized spacial score (nSPS) is 11.2. The molecular formula is C17H19ClN2O2S2. The van der Waals surface area contributed by atoms with Gasteiger partial charge in [-0.25, -0.2) is 12.4 Å². The second kappa shape index (κ2) is 7.53. The highest BCUT2D eigenvalue weighted by atomic mass is 35.5. The third-order valence-corrected chi connectivity index (χ3v) is 6.15. The molecule has 0 atom stereocenters. The van der Waals surface area contributed by atoms with E-state index in [0.717, 1.165) is 22.4 Å². The molecular weight excluding hydrogens is 364 g/mol. The Kier molecular flexibility index (Phi) is 5.87. The first-order valence-corrected chi connectivity index (χ1v) is 9.62. The quantitative estimate of drug-likeness (QED) is 0.728. The van der Waals surface area contributed by atoms with Crippen LogP contribution in [0.25, 0.3) is 11.3 Å². The summed E-state index contributed by atoms with van der Waals surface area (Å²) < 4.78 is 27.5. The summed E-state index contributed by atoms with van der Waals surface area (Å²) in [5.41, 5.74) is 3.63. The van der Waals surface area contributed by atoms with E-state index in [0.29, 0.717) is 11.4 Å². The number of nitrogens with one attached hydrogen (secondary N) is 1. The Hall–Kier alpha value is -1.60. The van der Waals surface area contributed by atoms with Crippen LogP contribution in [0.4, 0.5) is 0 Å². The van der Waals surface area contributed by atoms with Crippen LogP contribution in [-0.2, 0) is 16.6 Å². The van der Waals surface area contributed by atoms with Gasteiger partial charge >= 0.3 is 0 Å². The molecule has 128 valence electrons. The van der Waals surface area contributed by atoms with Gasteiger partial charge in [0.15, 0.2) is 0 Å². The molecule has 24 heavy (non-hydrogen) atoms. The molecule has 0 aliphatic rings. The molecule has 1 N–H and O–H groups in total. The van der Waals surface area contributed by atoms with Crippen LogP contribution in [0.5, 0.6) is 0 Å². The van der Waals surface area contributed by atoms with E-state index < -0.39 is 10.0 Å². The highest BCUT2D eigenvalue weighted by molar-refractivity contribution is 7.90. The maximum Gasteiger partial charge on any atom is 0.268 e. The fourth-order valence-electron chi connectivity index (χ4n) is 2.63. The maximum atomic E-state index is 13.1. The molecule has 0 spiro atoms. The Morgan fingerprint density at radius 1 is 1.17 bits per heavy atom. The molecule has 2 aromatic heterocycles. The van der Waals surface area contributed by atoms with E-state index in [4.69, 9.17) is 0 Å². The van der Waals surface area contributed by atoms with Crippen molar-refractivity contribution in [2.24, 2.45) is 0 Å². The van der Waals surface area contributed by atoms with Crippen molar-refractivity contribution in [3.8, 4) is 11.3 Å². The van der Waals surface area contributed by atoms with Gasteiger partial charge in [-0.15, -0.1) is 12.4 Å². The molecule has 3 rings (SSSR count). The van der Waals surface area contributed by atoms with Crippen LogP contribution in [0.3, 0.4) is 0 Å². The largest absolute Gasteiger partial charge is 0.316 e. The zero-order chi connectivity index (χ0) is 16.4. The van der Waals surface area contributed by atoms with Gasteiger partial charge in [0.05, 0.1) is 10.6 Å². The van der Waals surface area contributed by atoms with E-state index in [1.165, 1.54) is 3.97 Å². The molecule has 3 aromatic rings. The van der Waals surface area contributed by atoms with E-state index in [9.17, 15) is 8.42 Å². The van der Waals surface area contributed by atoms with Gasteiger partial charge in [0.25, 0.3) is 10.0 Å². The van der Waals surface area contributed by atoms with Gasteiger partial charge in [0.1, 0.15) is 0 Å². The van der Waals surface area contributed by atoms with E-state index in [1.54, 1.807) is 41.8 Å². The highest BCUT2D eigenvalue weighted by Gasteiger charge is 2.24. The maximum absolute atomic E-state index is 13.1. The number of nitrogens with zero attached hydrogens (tertiary/aromatic N) is 1. The summed E-state index contributed by atoms with van der Waals surface area (Å²) in [6.45, 7) is 2.59. The standard InChI is InChI=1S/C17H18N2O2S2.ClH/c1-13-15(10-18-2)11-19(17(13)14-8-9-22-12-14)23(20,21)16-6-4-3-5-7-16;/h3-9,11-12,18H,10H2,1-2H3;1H. The lowest BCUT2D eigenvalue weighted by atomic mass is 10.1. The second-order valence-electron chi connectivity index (χ2n) is 5.28. The fraction of sp³-hybridized carbons (Fsp3) is 0.176. The first-order valence-electron chi connectivity index (χ1n) is 7.24. The van der Waals surface area contributed by atoms with E-state index >= 15 is 0 Å². The average Bonchev–Trinajstić information content (AvgIpc) is 3.17. The van der Waals surface area contributed by atoms with Crippen LogP contribution < -0.4 is 5.32 Å². The molecule has 7 heteroatoms. The lowest BCUT2D eigenvalue weighted by Gasteiger charge is -2.10. The molecule has 0 saturated carbocycles. The van der Waals surface area contributed by atoms with E-state index in [-0.39, 0.29) is 12.4 Å². The lowest BCUT2D eigenvalue weighted by molar-refractivity contribution is 0.588. The van der Waals surface area contributed by atoms with Crippen molar-refractivity contribution in [2.75, 3.05) is 7.05 Å². The first-order chi connectivity index (χ1) is 11.1. The van der Waals surface area contributed by atoms with Crippen molar-refractivity contribution in [2.45, 2.75) is 18.4 Å². The Labute approximate surface area is 152 Å². The van der Waals surface area contributed by atoms with Gasteiger partial charge in [-0.1, -0.05) is 18.2 Å². The van der Waals surface area contributed by atoms with Crippen molar-refractivity contribution >= 4 is 33.8 Å². The molecule has 0 radical (unpaired) electrons. The molecule has 0 aliphatic heterocycles. The number of hydrogen-bond acceptors (Lipinski definition) is 4. The summed E-state index contributed by atoms with van der Waals surface area (Å²) in [5.74, 6) is 0. The smallest absolute Gasteiger partial charge is 0.268 e. The molecule has 0 aliphatic carbocycles. The van der Waals surface area contributed by atoms with Crippen molar-refractivity contribution in [1.82, 2.24) is 9.29 Å². The summed E-state index contributed by atoms with van der Waals surface area (Å²) in [6, 6.07) is 10.5. The van der Waals surface area contributed by atoms with Crippen molar-refractivity contribution in [3.05, 3.63) is 64.5 Å². The average molecular weight is 383 g/mol. The number of halogens is 1. The Balaban J connectivity index is 0.00000208. The predicted molar refractivity (Wildman–Crippen MR) is 102 cm³/mol. The predicted octanol–water partition coefficient (Wildman–Crippen LogP) is 3.90. The topological polar surface area (TPSA) is 51.1 Å². The van der Waals surface area contributed by atoms with E-state index in [2.05, 4.69) is 5.32 Å². The number of aromatic nitrogens is 1. The number of benzene rings is 1. The monoisotopic (exact) mass is 382 g/mol. The summed E-state index contributed by atoms with van der Waals surface area (Å²) in [7, 11) is -1.77. The molecule has 0 amide bonds. The third kappa shape index (κ3) is 3.28. The van der Waals surface area contributed by atoms with Gasteiger partial charge < -0.3 is 5.32 Å². The van der Waals surface area contributed by atoms with Crippen LogP contribution in [-0.4, -0.2) is 19.4 Å². The highest BCUT2D eigenvalue weighted by Crippen LogP contribution is 2.32. The Bertz CT molecular complexity index is 902. The van der Waals surface area contributed by atoms with Gasteiger partial charge in [-0.2, -0.15) is 11.3 Å². The first kappa shape index (κ1) is 18.7. The van der Waals surface area contributed by atoms with Crippen molar-refractivity contribution in [1.29, 1.82) is 0 Å².